The summed E-state index contributed by atoms with van der Waals surface area (Å²) in [7, 11) is 0. The molecular formula is C76H151NO3. The first-order chi connectivity index (χ1) is 39.7. The van der Waals surface area contributed by atoms with Crippen LogP contribution in [0.1, 0.15) is 450 Å². The molecule has 0 aliphatic heterocycles. The molecule has 4 heteroatoms. The standard InChI is InChI=1S/C76H151NO3/c1-3-5-7-9-11-13-15-17-19-21-23-25-27-29-31-32-33-34-35-36-37-38-39-40-41-42-43-44-46-48-50-52-54-56-58-60-62-64-66-68-70-72-76(80)77-74(73-78)75(79)71-69-67-65-63-61-59-57-55-53-51-49-47-45-30-28-26-24-22-20-18-16-14-12-10-8-6-4-2/h69,71,74-75,78-79H,3-68,70,72-73H2,1-2H3,(H,77,80)/b71-69+. The number of carbonyl (C=O) groups excluding carboxylic acids is 1. The molecule has 478 valence electrons. The highest BCUT2D eigenvalue weighted by Gasteiger charge is 2.18. The van der Waals surface area contributed by atoms with Crippen LogP contribution >= 0.6 is 0 Å². The van der Waals surface area contributed by atoms with Crippen LogP contribution in [0.25, 0.3) is 0 Å². The van der Waals surface area contributed by atoms with Crippen molar-refractivity contribution in [3.8, 4) is 0 Å². The molecule has 0 rings (SSSR count). The van der Waals surface area contributed by atoms with Crippen molar-refractivity contribution in [3.05, 3.63) is 12.2 Å². The number of allylic oxidation sites excluding steroid dienone is 1. The van der Waals surface area contributed by atoms with Gasteiger partial charge in [0.15, 0.2) is 0 Å². The van der Waals surface area contributed by atoms with E-state index in [4.69, 9.17) is 0 Å². The van der Waals surface area contributed by atoms with E-state index in [1.807, 2.05) is 6.08 Å². The van der Waals surface area contributed by atoms with Gasteiger partial charge in [-0.2, -0.15) is 0 Å². The van der Waals surface area contributed by atoms with E-state index in [1.54, 1.807) is 6.08 Å². The van der Waals surface area contributed by atoms with Gasteiger partial charge in [-0.15, -0.1) is 0 Å². The first-order valence-electron chi connectivity index (χ1n) is 37.9. The summed E-state index contributed by atoms with van der Waals surface area (Å²) in [5, 5.41) is 23.3. The normalized spacial score (nSPS) is 12.6. The van der Waals surface area contributed by atoms with Crippen LogP contribution in [0, 0.1) is 0 Å². The molecule has 80 heavy (non-hydrogen) atoms. The fraction of sp³-hybridized carbons (Fsp3) is 0.961. The molecule has 0 saturated carbocycles. The van der Waals surface area contributed by atoms with Crippen LogP contribution in [-0.4, -0.2) is 34.9 Å². The minimum atomic E-state index is -0.837. The summed E-state index contributed by atoms with van der Waals surface area (Å²) in [6, 6.07) is -0.620. The number of aliphatic hydroxyl groups is 2. The predicted molar refractivity (Wildman–Crippen MR) is 359 cm³/mol. The molecule has 3 N–H and O–H groups in total. The van der Waals surface area contributed by atoms with Gasteiger partial charge in [-0.05, 0) is 19.3 Å². The van der Waals surface area contributed by atoms with E-state index >= 15 is 0 Å². The number of carbonyl (C=O) groups is 1. The highest BCUT2D eigenvalue weighted by molar-refractivity contribution is 5.76. The quantitative estimate of drug-likeness (QED) is 0.0420. The van der Waals surface area contributed by atoms with Gasteiger partial charge in [0.1, 0.15) is 0 Å². The van der Waals surface area contributed by atoms with Crippen molar-refractivity contribution >= 4 is 5.91 Å². The van der Waals surface area contributed by atoms with E-state index in [2.05, 4.69) is 19.2 Å². The second-order valence-electron chi connectivity index (χ2n) is 26.4. The Balaban J connectivity index is 3.35. The molecule has 0 heterocycles. The molecular weight excluding hydrogens is 975 g/mol. The number of hydrogen-bond acceptors (Lipinski definition) is 3. The molecule has 0 aromatic carbocycles. The maximum atomic E-state index is 12.6. The average Bonchev–Trinajstić information content (AvgIpc) is 3.46. The highest BCUT2D eigenvalue weighted by Crippen LogP contribution is 2.20. The third-order valence-corrected chi connectivity index (χ3v) is 18.3. The zero-order valence-corrected chi connectivity index (χ0v) is 55.4. The molecule has 0 fully saturated rings. The number of unbranched alkanes of at least 4 members (excludes halogenated alkanes) is 65. The first kappa shape index (κ1) is 79.1. The molecule has 0 aliphatic carbocycles. The SMILES string of the molecule is CCCCCCCCCCCCCCCCCCCCCCCCCCC/C=C/C(O)C(CO)NC(=O)CCCCCCCCCCCCCCCCCCCCCCCCCCCCCCCCCCCCCCCCCCC. The molecule has 0 radical (unpaired) electrons. The predicted octanol–water partition coefficient (Wildman–Crippen LogP) is 25.9. The molecule has 0 bridgehead atoms. The lowest BCUT2D eigenvalue weighted by atomic mass is 10.0. The van der Waals surface area contributed by atoms with Crippen LogP contribution in [0.5, 0.6) is 0 Å². The molecule has 4 nitrogen and oxygen atoms in total. The Kier molecular flexibility index (Phi) is 71.6. The molecule has 2 unspecified atom stereocenters. The third-order valence-electron chi connectivity index (χ3n) is 18.3. The van der Waals surface area contributed by atoms with Gasteiger partial charge in [0.05, 0.1) is 18.8 Å². The molecule has 0 aliphatic rings. The highest BCUT2D eigenvalue weighted by atomic mass is 16.3. The Morgan fingerprint density at radius 3 is 0.650 bits per heavy atom. The van der Waals surface area contributed by atoms with E-state index in [0.717, 1.165) is 25.7 Å². The number of hydrogen-bond donors (Lipinski definition) is 3. The van der Waals surface area contributed by atoms with Gasteiger partial charge in [0, 0.05) is 6.42 Å². The molecule has 1 amide bonds. The van der Waals surface area contributed by atoms with Gasteiger partial charge in [0.2, 0.25) is 5.91 Å². The van der Waals surface area contributed by atoms with Crippen LogP contribution in [0.15, 0.2) is 12.2 Å². The third kappa shape index (κ3) is 67.9. The summed E-state index contributed by atoms with van der Waals surface area (Å²) in [5.41, 5.74) is 0. The Bertz CT molecular complexity index is 1140. The van der Waals surface area contributed by atoms with Gasteiger partial charge >= 0.3 is 0 Å². The van der Waals surface area contributed by atoms with Gasteiger partial charge in [-0.1, -0.05) is 437 Å². The van der Waals surface area contributed by atoms with Gasteiger partial charge < -0.3 is 15.5 Å². The zero-order valence-electron chi connectivity index (χ0n) is 55.4. The number of rotatable bonds is 72. The Morgan fingerprint density at radius 1 is 0.287 bits per heavy atom. The minimum Gasteiger partial charge on any atom is -0.394 e. The van der Waals surface area contributed by atoms with Gasteiger partial charge in [-0.3, -0.25) is 4.79 Å². The maximum Gasteiger partial charge on any atom is 0.220 e. The van der Waals surface area contributed by atoms with Crippen molar-refractivity contribution < 1.29 is 15.0 Å². The summed E-state index contributed by atoms with van der Waals surface area (Å²) in [5.74, 6) is -0.0523. The van der Waals surface area contributed by atoms with E-state index < -0.39 is 12.1 Å². The maximum absolute atomic E-state index is 12.6. The monoisotopic (exact) mass is 1130 g/mol. The minimum absolute atomic E-state index is 0.0523. The van der Waals surface area contributed by atoms with E-state index in [-0.39, 0.29) is 12.5 Å². The summed E-state index contributed by atoms with van der Waals surface area (Å²) >= 11 is 0. The molecule has 0 spiro atoms. The lowest BCUT2D eigenvalue weighted by Gasteiger charge is -2.20. The van der Waals surface area contributed by atoms with Crippen molar-refractivity contribution in [1.82, 2.24) is 5.32 Å². The second kappa shape index (κ2) is 72.4. The van der Waals surface area contributed by atoms with Crippen LogP contribution in [0.3, 0.4) is 0 Å². The van der Waals surface area contributed by atoms with Gasteiger partial charge in [-0.25, -0.2) is 0 Å². The second-order valence-corrected chi connectivity index (χ2v) is 26.4. The van der Waals surface area contributed by atoms with Crippen LogP contribution in [0.2, 0.25) is 0 Å². The summed E-state index contributed by atoms with van der Waals surface area (Å²) in [6.07, 6.45) is 97.8. The van der Waals surface area contributed by atoms with Gasteiger partial charge in [0.25, 0.3) is 0 Å². The van der Waals surface area contributed by atoms with Crippen molar-refractivity contribution in [1.29, 1.82) is 0 Å². The van der Waals surface area contributed by atoms with Crippen molar-refractivity contribution in [2.45, 2.75) is 463 Å². The van der Waals surface area contributed by atoms with E-state index in [1.165, 1.54) is 405 Å². The Labute approximate surface area is 505 Å². The smallest absolute Gasteiger partial charge is 0.220 e. The fourth-order valence-corrected chi connectivity index (χ4v) is 12.5. The largest absolute Gasteiger partial charge is 0.394 e. The average molecular weight is 1130 g/mol. The first-order valence-corrected chi connectivity index (χ1v) is 37.9. The molecule has 0 aromatic heterocycles. The number of aliphatic hydroxyl groups excluding tert-OH is 2. The summed E-state index contributed by atoms with van der Waals surface area (Å²) < 4.78 is 0. The number of amides is 1. The topological polar surface area (TPSA) is 69.6 Å². The van der Waals surface area contributed by atoms with E-state index in [9.17, 15) is 15.0 Å². The van der Waals surface area contributed by atoms with Crippen molar-refractivity contribution in [3.63, 3.8) is 0 Å². The Morgan fingerprint density at radius 2 is 0.463 bits per heavy atom. The summed E-state index contributed by atoms with van der Waals surface area (Å²) in [4.78, 5) is 12.6. The van der Waals surface area contributed by atoms with Crippen LogP contribution < -0.4 is 5.32 Å². The van der Waals surface area contributed by atoms with Crippen molar-refractivity contribution in [2.24, 2.45) is 0 Å². The van der Waals surface area contributed by atoms with Crippen LogP contribution in [0.4, 0.5) is 0 Å². The summed E-state index contributed by atoms with van der Waals surface area (Å²) in [6.45, 7) is 4.37. The number of nitrogens with one attached hydrogen (secondary N) is 1. The molecule has 0 saturated heterocycles. The van der Waals surface area contributed by atoms with Crippen molar-refractivity contribution in [2.75, 3.05) is 6.61 Å². The fourth-order valence-electron chi connectivity index (χ4n) is 12.5. The van der Waals surface area contributed by atoms with Crippen LogP contribution in [-0.2, 0) is 4.79 Å². The molecule has 0 aromatic rings. The molecule has 2 atom stereocenters. The Hall–Kier alpha value is -0.870. The zero-order chi connectivity index (χ0) is 57.6. The lowest BCUT2D eigenvalue weighted by Crippen LogP contribution is -2.45. The van der Waals surface area contributed by atoms with E-state index in [0.29, 0.717) is 6.42 Å². The lowest BCUT2D eigenvalue weighted by molar-refractivity contribution is -0.123.